The average molecular weight is 385 g/mol. The summed E-state index contributed by atoms with van der Waals surface area (Å²) in [5, 5.41) is 12.6. The van der Waals surface area contributed by atoms with Gasteiger partial charge in [-0.15, -0.1) is 0 Å². The van der Waals surface area contributed by atoms with Gasteiger partial charge in [0, 0.05) is 30.8 Å². The molecule has 0 heterocycles. The van der Waals surface area contributed by atoms with Crippen LogP contribution in [-0.2, 0) is 11.3 Å². The second-order valence-corrected chi connectivity index (χ2v) is 7.07. The number of carboxylic acids is 1. The lowest BCUT2D eigenvalue weighted by Crippen LogP contribution is -2.34. The minimum Gasteiger partial charge on any atom is -0.496 e. The third kappa shape index (κ3) is 5.39. The Bertz CT molecular complexity index is 777. The van der Waals surface area contributed by atoms with Crippen LogP contribution in [0.25, 0.3) is 0 Å². The van der Waals surface area contributed by atoms with Gasteiger partial charge < -0.3 is 24.6 Å². The van der Waals surface area contributed by atoms with Gasteiger partial charge in [-0.1, -0.05) is 12.1 Å². The lowest BCUT2D eigenvalue weighted by atomic mass is 9.86. The number of ether oxygens (including phenoxy) is 3. The van der Waals surface area contributed by atoms with E-state index in [1.165, 1.54) is 0 Å². The van der Waals surface area contributed by atoms with E-state index in [-0.39, 0.29) is 5.92 Å². The highest BCUT2D eigenvalue weighted by atomic mass is 16.5. The van der Waals surface area contributed by atoms with Crippen LogP contribution in [-0.4, -0.2) is 31.3 Å². The van der Waals surface area contributed by atoms with E-state index in [0.717, 1.165) is 43.5 Å². The van der Waals surface area contributed by atoms with Crippen molar-refractivity contribution < 1.29 is 24.1 Å². The molecule has 0 amide bonds. The predicted molar refractivity (Wildman–Crippen MR) is 106 cm³/mol. The molecule has 0 aromatic heterocycles. The first kappa shape index (κ1) is 20.0. The largest absolute Gasteiger partial charge is 0.496 e. The number of aliphatic carboxylic acids is 1. The zero-order valence-electron chi connectivity index (χ0n) is 16.3. The Morgan fingerprint density at radius 1 is 0.964 bits per heavy atom. The molecule has 6 heteroatoms. The van der Waals surface area contributed by atoms with Gasteiger partial charge in [-0.25, -0.2) is 0 Å². The van der Waals surface area contributed by atoms with E-state index >= 15 is 0 Å². The van der Waals surface area contributed by atoms with Gasteiger partial charge in [0.15, 0.2) is 0 Å². The SMILES string of the molecule is COc1cc(OC)cc(Oc2cccc(CNC3CCC(C(=O)O)CC3)c2)c1. The van der Waals surface area contributed by atoms with Gasteiger partial charge in [-0.2, -0.15) is 0 Å². The molecule has 3 rings (SSSR count). The molecule has 150 valence electrons. The van der Waals surface area contributed by atoms with Crippen molar-refractivity contribution in [3.8, 4) is 23.0 Å². The van der Waals surface area contributed by atoms with Gasteiger partial charge in [0.25, 0.3) is 0 Å². The van der Waals surface area contributed by atoms with Gasteiger partial charge in [-0.05, 0) is 43.4 Å². The lowest BCUT2D eigenvalue weighted by Gasteiger charge is -2.27. The van der Waals surface area contributed by atoms with Gasteiger partial charge in [-0.3, -0.25) is 4.79 Å². The van der Waals surface area contributed by atoms with Gasteiger partial charge in [0.05, 0.1) is 20.1 Å². The fraction of sp³-hybridized carbons (Fsp3) is 0.409. The summed E-state index contributed by atoms with van der Waals surface area (Å²) in [6.07, 6.45) is 3.29. The van der Waals surface area contributed by atoms with Crippen LogP contribution in [0.2, 0.25) is 0 Å². The van der Waals surface area contributed by atoms with Crippen molar-refractivity contribution >= 4 is 5.97 Å². The minimum atomic E-state index is -0.669. The molecule has 2 N–H and O–H groups in total. The van der Waals surface area contributed by atoms with Crippen LogP contribution in [0.3, 0.4) is 0 Å². The topological polar surface area (TPSA) is 77.0 Å². The highest BCUT2D eigenvalue weighted by molar-refractivity contribution is 5.70. The van der Waals surface area contributed by atoms with E-state index in [4.69, 9.17) is 19.3 Å². The number of hydrogen-bond acceptors (Lipinski definition) is 5. The van der Waals surface area contributed by atoms with Gasteiger partial charge in [0.1, 0.15) is 23.0 Å². The third-order valence-electron chi connectivity index (χ3n) is 5.13. The first-order valence-electron chi connectivity index (χ1n) is 9.53. The summed E-state index contributed by atoms with van der Waals surface area (Å²) in [4.78, 5) is 11.1. The van der Waals surface area contributed by atoms with Gasteiger partial charge in [0.2, 0.25) is 0 Å². The monoisotopic (exact) mass is 385 g/mol. The highest BCUT2D eigenvalue weighted by Gasteiger charge is 2.25. The molecule has 2 aromatic rings. The molecule has 0 unspecified atom stereocenters. The number of methoxy groups -OCH3 is 2. The third-order valence-corrected chi connectivity index (χ3v) is 5.13. The molecule has 1 fully saturated rings. The summed E-state index contributed by atoms with van der Waals surface area (Å²) >= 11 is 0. The van der Waals surface area contributed by atoms with E-state index < -0.39 is 5.97 Å². The summed E-state index contributed by atoms with van der Waals surface area (Å²) in [6, 6.07) is 13.7. The van der Waals surface area contributed by atoms with E-state index in [1.54, 1.807) is 20.3 Å². The predicted octanol–water partition coefficient (Wildman–Crippen LogP) is 4.23. The van der Waals surface area contributed by atoms with Crippen LogP contribution in [0.1, 0.15) is 31.2 Å². The summed E-state index contributed by atoms with van der Waals surface area (Å²) in [6.45, 7) is 0.723. The van der Waals surface area contributed by atoms with Crippen molar-refractivity contribution in [2.45, 2.75) is 38.3 Å². The maximum atomic E-state index is 11.1. The molecule has 0 bridgehead atoms. The second-order valence-electron chi connectivity index (χ2n) is 7.07. The molecule has 0 saturated heterocycles. The Kier molecular flexibility index (Phi) is 6.76. The summed E-state index contributed by atoms with van der Waals surface area (Å²) in [5.41, 5.74) is 1.12. The Morgan fingerprint density at radius 3 is 2.21 bits per heavy atom. The van der Waals surface area contributed by atoms with Crippen LogP contribution in [0, 0.1) is 5.92 Å². The maximum absolute atomic E-state index is 11.1. The molecule has 0 aliphatic heterocycles. The Hall–Kier alpha value is -2.73. The number of carbonyl (C=O) groups is 1. The van der Waals surface area contributed by atoms with E-state index in [1.807, 2.05) is 30.3 Å². The van der Waals surface area contributed by atoms with Crippen LogP contribution < -0.4 is 19.5 Å². The van der Waals surface area contributed by atoms with Crippen molar-refractivity contribution in [2.75, 3.05) is 14.2 Å². The zero-order chi connectivity index (χ0) is 19.9. The smallest absolute Gasteiger partial charge is 0.306 e. The number of benzene rings is 2. The van der Waals surface area contributed by atoms with Crippen molar-refractivity contribution in [2.24, 2.45) is 5.92 Å². The molecule has 1 aliphatic carbocycles. The first-order chi connectivity index (χ1) is 13.6. The van der Waals surface area contributed by atoms with Gasteiger partial charge >= 0.3 is 5.97 Å². The fourth-order valence-electron chi connectivity index (χ4n) is 3.50. The molecule has 6 nitrogen and oxygen atoms in total. The molecule has 0 atom stereocenters. The Morgan fingerprint density at radius 2 is 1.61 bits per heavy atom. The van der Waals surface area contributed by atoms with Crippen molar-refractivity contribution in [1.29, 1.82) is 0 Å². The summed E-state index contributed by atoms with van der Waals surface area (Å²) in [5.74, 6) is 1.87. The zero-order valence-corrected chi connectivity index (χ0v) is 16.3. The molecular weight excluding hydrogens is 358 g/mol. The van der Waals surface area contributed by atoms with Crippen LogP contribution in [0.15, 0.2) is 42.5 Å². The number of rotatable bonds is 8. The van der Waals surface area contributed by atoms with Crippen LogP contribution >= 0.6 is 0 Å². The van der Waals surface area contributed by atoms with E-state index in [9.17, 15) is 4.79 Å². The van der Waals surface area contributed by atoms with E-state index in [0.29, 0.717) is 23.3 Å². The van der Waals surface area contributed by atoms with Crippen LogP contribution in [0.4, 0.5) is 0 Å². The summed E-state index contributed by atoms with van der Waals surface area (Å²) < 4.78 is 16.5. The molecule has 28 heavy (non-hydrogen) atoms. The number of carboxylic acid groups (broad SMARTS) is 1. The van der Waals surface area contributed by atoms with E-state index in [2.05, 4.69) is 11.4 Å². The molecular formula is C22H27NO5. The molecule has 1 saturated carbocycles. The fourth-order valence-corrected chi connectivity index (χ4v) is 3.50. The highest BCUT2D eigenvalue weighted by Crippen LogP contribution is 2.31. The standard InChI is InChI=1S/C22H27NO5/c1-26-19-11-20(27-2)13-21(12-19)28-18-5-3-4-15(10-18)14-23-17-8-6-16(7-9-17)22(24)25/h3-5,10-13,16-17,23H,6-9,14H2,1-2H3,(H,24,25). The Labute approximate surface area is 165 Å². The second kappa shape index (κ2) is 9.46. The molecule has 2 aromatic carbocycles. The molecule has 0 spiro atoms. The van der Waals surface area contributed by atoms with Crippen molar-refractivity contribution in [1.82, 2.24) is 5.32 Å². The van der Waals surface area contributed by atoms with Crippen molar-refractivity contribution in [3.05, 3.63) is 48.0 Å². The number of nitrogens with one attached hydrogen (secondary N) is 1. The van der Waals surface area contributed by atoms with Crippen LogP contribution in [0.5, 0.6) is 23.0 Å². The number of hydrogen-bond donors (Lipinski definition) is 2. The normalized spacial score (nSPS) is 19.1. The first-order valence-corrected chi connectivity index (χ1v) is 9.53. The lowest BCUT2D eigenvalue weighted by molar-refractivity contribution is -0.142. The Balaban J connectivity index is 1.58. The van der Waals surface area contributed by atoms with Crippen molar-refractivity contribution in [3.63, 3.8) is 0 Å². The molecule has 0 radical (unpaired) electrons. The average Bonchev–Trinajstić information content (AvgIpc) is 2.72. The molecule has 1 aliphatic rings. The minimum absolute atomic E-state index is 0.186. The summed E-state index contributed by atoms with van der Waals surface area (Å²) in [7, 11) is 3.21. The quantitative estimate of drug-likeness (QED) is 0.708. The maximum Gasteiger partial charge on any atom is 0.306 e.